The molecule has 0 spiro atoms. The van der Waals surface area contributed by atoms with Crippen LogP contribution < -0.4 is 5.73 Å². The number of hydrogen-bond donors (Lipinski definition) is 1. The number of aromatic nitrogens is 3. The summed E-state index contributed by atoms with van der Waals surface area (Å²) in [6.45, 7) is 5.15. The van der Waals surface area contributed by atoms with Gasteiger partial charge < -0.3 is 10.5 Å². The van der Waals surface area contributed by atoms with Crippen LogP contribution in [0.15, 0.2) is 6.20 Å². The van der Waals surface area contributed by atoms with E-state index in [0.717, 1.165) is 25.4 Å². The molecule has 2 N–H and O–H groups in total. The molecule has 1 aromatic heterocycles. The molecule has 1 aliphatic heterocycles. The molecule has 0 saturated carbocycles. The zero-order valence-corrected chi connectivity index (χ0v) is 9.83. The van der Waals surface area contributed by atoms with Gasteiger partial charge in [0.25, 0.3) is 0 Å². The van der Waals surface area contributed by atoms with Gasteiger partial charge in [-0.05, 0) is 6.92 Å². The first-order chi connectivity index (χ1) is 7.69. The number of aryl methyl sites for hydroxylation is 1. The topological polar surface area (TPSA) is 69.2 Å². The second-order valence-corrected chi connectivity index (χ2v) is 4.35. The van der Waals surface area contributed by atoms with Gasteiger partial charge in [0, 0.05) is 38.9 Å². The number of nitrogens with two attached hydrogens (primary N) is 1. The van der Waals surface area contributed by atoms with E-state index in [2.05, 4.69) is 22.1 Å². The van der Waals surface area contributed by atoms with E-state index in [1.807, 2.05) is 13.2 Å². The Morgan fingerprint density at radius 2 is 2.44 bits per heavy atom. The third kappa shape index (κ3) is 2.58. The molecule has 0 bridgehead atoms. The summed E-state index contributed by atoms with van der Waals surface area (Å²) in [6, 6.07) is 0.407. The molecule has 2 atom stereocenters. The van der Waals surface area contributed by atoms with Crippen molar-refractivity contribution in [2.24, 2.45) is 12.8 Å². The Labute approximate surface area is 95.4 Å². The fraction of sp³-hybridized carbons (Fsp3) is 0.800. The maximum absolute atomic E-state index is 5.62. The lowest BCUT2D eigenvalue weighted by molar-refractivity contribution is -0.0571. The molecule has 0 amide bonds. The molecule has 1 aliphatic rings. The van der Waals surface area contributed by atoms with Crippen LogP contribution in [-0.4, -0.2) is 51.7 Å². The summed E-state index contributed by atoms with van der Waals surface area (Å²) in [6.07, 6.45) is 2.09. The van der Waals surface area contributed by atoms with Crippen LogP contribution in [0.2, 0.25) is 0 Å². The molecule has 2 unspecified atom stereocenters. The standard InChI is InChI=1S/C10H19N5O/c1-8-7-16-10(3-11)6-15(8)5-9-4-14(2)13-12-9/h4,8,10H,3,5-7,11H2,1-2H3. The zero-order chi connectivity index (χ0) is 11.5. The van der Waals surface area contributed by atoms with E-state index < -0.39 is 0 Å². The van der Waals surface area contributed by atoms with Crippen molar-refractivity contribution in [2.75, 3.05) is 19.7 Å². The Bertz CT molecular complexity index is 340. The average molecular weight is 225 g/mol. The highest BCUT2D eigenvalue weighted by Crippen LogP contribution is 2.13. The van der Waals surface area contributed by atoms with E-state index in [1.54, 1.807) is 4.68 Å². The van der Waals surface area contributed by atoms with E-state index in [4.69, 9.17) is 10.5 Å². The highest BCUT2D eigenvalue weighted by Gasteiger charge is 2.25. The Hall–Kier alpha value is -0.980. The van der Waals surface area contributed by atoms with Crippen LogP contribution in [-0.2, 0) is 18.3 Å². The number of nitrogens with zero attached hydrogens (tertiary/aromatic N) is 4. The van der Waals surface area contributed by atoms with Gasteiger partial charge in [0.05, 0.1) is 18.4 Å². The molecule has 0 aromatic carbocycles. The molecule has 0 aliphatic carbocycles. The molecule has 90 valence electrons. The number of ether oxygens (including phenoxy) is 1. The first-order valence-electron chi connectivity index (χ1n) is 5.60. The van der Waals surface area contributed by atoms with Crippen molar-refractivity contribution in [1.29, 1.82) is 0 Å². The Morgan fingerprint density at radius 1 is 1.62 bits per heavy atom. The Kier molecular flexibility index (Phi) is 3.52. The summed E-state index contributed by atoms with van der Waals surface area (Å²) in [4.78, 5) is 2.34. The minimum Gasteiger partial charge on any atom is -0.374 e. The Morgan fingerprint density at radius 3 is 3.06 bits per heavy atom. The van der Waals surface area contributed by atoms with E-state index in [9.17, 15) is 0 Å². The zero-order valence-electron chi connectivity index (χ0n) is 9.83. The minimum atomic E-state index is 0.146. The van der Waals surface area contributed by atoms with Crippen LogP contribution in [0.25, 0.3) is 0 Å². The van der Waals surface area contributed by atoms with Gasteiger partial charge in [-0.1, -0.05) is 5.21 Å². The maximum atomic E-state index is 5.62. The lowest BCUT2D eigenvalue weighted by Crippen LogP contribution is -2.50. The largest absolute Gasteiger partial charge is 0.374 e. The van der Waals surface area contributed by atoms with Crippen molar-refractivity contribution in [3.63, 3.8) is 0 Å². The van der Waals surface area contributed by atoms with Crippen molar-refractivity contribution in [3.05, 3.63) is 11.9 Å². The van der Waals surface area contributed by atoms with Crippen LogP contribution in [0, 0.1) is 0 Å². The van der Waals surface area contributed by atoms with Crippen molar-refractivity contribution in [1.82, 2.24) is 19.9 Å². The average Bonchev–Trinajstić information content (AvgIpc) is 2.67. The van der Waals surface area contributed by atoms with E-state index in [0.29, 0.717) is 12.6 Å². The van der Waals surface area contributed by atoms with Crippen LogP contribution in [0.4, 0.5) is 0 Å². The molecule has 1 aromatic rings. The molecule has 1 fully saturated rings. The van der Waals surface area contributed by atoms with Gasteiger partial charge in [0.15, 0.2) is 0 Å². The molecule has 2 rings (SSSR count). The molecule has 2 heterocycles. The van der Waals surface area contributed by atoms with Gasteiger partial charge in [-0.2, -0.15) is 0 Å². The fourth-order valence-corrected chi connectivity index (χ4v) is 1.91. The summed E-state index contributed by atoms with van der Waals surface area (Å²) in [5.74, 6) is 0. The summed E-state index contributed by atoms with van der Waals surface area (Å²) >= 11 is 0. The highest BCUT2D eigenvalue weighted by atomic mass is 16.5. The predicted molar refractivity (Wildman–Crippen MR) is 59.7 cm³/mol. The maximum Gasteiger partial charge on any atom is 0.0967 e. The monoisotopic (exact) mass is 225 g/mol. The third-order valence-corrected chi connectivity index (χ3v) is 2.91. The summed E-state index contributed by atoms with van der Waals surface area (Å²) in [5.41, 5.74) is 6.62. The van der Waals surface area contributed by atoms with E-state index >= 15 is 0 Å². The molecule has 16 heavy (non-hydrogen) atoms. The molecular formula is C10H19N5O. The molecule has 1 saturated heterocycles. The van der Waals surface area contributed by atoms with E-state index in [1.165, 1.54) is 0 Å². The second kappa shape index (κ2) is 4.90. The number of morpholine rings is 1. The first-order valence-corrected chi connectivity index (χ1v) is 5.60. The first kappa shape index (κ1) is 11.5. The SMILES string of the molecule is CC1COC(CN)CN1Cc1cn(C)nn1. The second-order valence-electron chi connectivity index (χ2n) is 4.35. The number of rotatable bonds is 3. The molecule has 6 heteroatoms. The van der Waals surface area contributed by atoms with Gasteiger partial charge in [0.2, 0.25) is 0 Å². The summed E-state index contributed by atoms with van der Waals surface area (Å²) in [5, 5.41) is 8.02. The third-order valence-electron chi connectivity index (χ3n) is 2.91. The predicted octanol–water partition coefficient (Wildman–Crippen LogP) is -0.637. The van der Waals surface area contributed by atoms with Gasteiger partial charge >= 0.3 is 0 Å². The highest BCUT2D eigenvalue weighted by molar-refractivity contribution is 4.93. The lowest BCUT2D eigenvalue weighted by atomic mass is 10.2. The molecule has 0 radical (unpaired) electrons. The van der Waals surface area contributed by atoms with Gasteiger partial charge in [-0.15, -0.1) is 5.10 Å². The molecule has 6 nitrogen and oxygen atoms in total. The minimum absolute atomic E-state index is 0.146. The van der Waals surface area contributed by atoms with Crippen LogP contribution >= 0.6 is 0 Å². The molecular weight excluding hydrogens is 206 g/mol. The quantitative estimate of drug-likeness (QED) is 0.741. The van der Waals surface area contributed by atoms with E-state index in [-0.39, 0.29) is 6.10 Å². The lowest BCUT2D eigenvalue weighted by Gasteiger charge is -2.37. The van der Waals surface area contributed by atoms with Crippen molar-refractivity contribution in [2.45, 2.75) is 25.6 Å². The van der Waals surface area contributed by atoms with Crippen molar-refractivity contribution in [3.8, 4) is 0 Å². The summed E-state index contributed by atoms with van der Waals surface area (Å²) in [7, 11) is 1.88. The fourth-order valence-electron chi connectivity index (χ4n) is 1.91. The van der Waals surface area contributed by atoms with Gasteiger partial charge in [-0.25, -0.2) is 0 Å². The smallest absolute Gasteiger partial charge is 0.0967 e. The van der Waals surface area contributed by atoms with Gasteiger partial charge in [-0.3, -0.25) is 9.58 Å². The Balaban J connectivity index is 1.96. The van der Waals surface area contributed by atoms with Crippen LogP contribution in [0.3, 0.4) is 0 Å². The van der Waals surface area contributed by atoms with Crippen molar-refractivity contribution < 1.29 is 4.74 Å². The van der Waals surface area contributed by atoms with Crippen LogP contribution in [0.1, 0.15) is 12.6 Å². The van der Waals surface area contributed by atoms with Crippen LogP contribution in [0.5, 0.6) is 0 Å². The normalized spacial score (nSPS) is 27.2. The van der Waals surface area contributed by atoms with Gasteiger partial charge in [0.1, 0.15) is 0 Å². The number of hydrogen-bond acceptors (Lipinski definition) is 5. The summed E-state index contributed by atoms with van der Waals surface area (Å²) < 4.78 is 7.33. The van der Waals surface area contributed by atoms with Crippen molar-refractivity contribution >= 4 is 0 Å².